The Morgan fingerprint density at radius 3 is 2.33 bits per heavy atom. The molecule has 0 aliphatic carbocycles. The first-order valence-electron chi connectivity index (χ1n) is 15.1. The molecular weight excluding hydrogens is 583 g/mol. The highest BCUT2D eigenvalue weighted by atomic mass is 19.1. The standard InChI is InChI=1S/C35H33FN8O2/c36-28-9-5-25(6-10-28)32(38)27-3-1-4-29(21-27)41-34(46)35(23-37)13-16-42(24-35)22-31(45)44-19-17-43(18-20-44)30-11-7-26(8-12-30)33-39-14-2-15-40-33/h1-12,14-15,21,38H,13,16-20,22,24H2,(H,41,46). The summed E-state index contributed by atoms with van der Waals surface area (Å²) in [5.74, 6) is -0.156. The Morgan fingerprint density at radius 1 is 0.913 bits per heavy atom. The SMILES string of the molecule is N#CC1(C(=O)Nc2cccc(C(=N)c3ccc(F)cc3)c2)CCN(CC(=O)N2CCN(c3ccc(-c4ncccn4)cc3)CC2)C1. The minimum absolute atomic E-state index is 0.0163. The smallest absolute Gasteiger partial charge is 0.246 e. The van der Waals surface area contributed by atoms with Gasteiger partial charge >= 0.3 is 0 Å². The Hall–Kier alpha value is -5.47. The number of nitrogens with one attached hydrogen (secondary N) is 2. The molecule has 3 aromatic carbocycles. The Balaban J connectivity index is 1.01. The number of nitriles is 1. The van der Waals surface area contributed by atoms with Crippen molar-refractivity contribution in [2.24, 2.45) is 5.41 Å². The molecule has 10 nitrogen and oxygen atoms in total. The largest absolute Gasteiger partial charge is 0.368 e. The maximum atomic E-state index is 13.4. The van der Waals surface area contributed by atoms with Gasteiger partial charge in [0.1, 0.15) is 11.2 Å². The fourth-order valence-electron chi connectivity index (χ4n) is 5.91. The molecule has 0 radical (unpaired) electrons. The number of benzene rings is 3. The summed E-state index contributed by atoms with van der Waals surface area (Å²) < 4.78 is 13.3. The molecule has 232 valence electrons. The summed E-state index contributed by atoms with van der Waals surface area (Å²) in [4.78, 5) is 41.2. The van der Waals surface area contributed by atoms with Gasteiger partial charge in [0.25, 0.3) is 0 Å². The van der Waals surface area contributed by atoms with E-state index in [0.717, 1.165) is 11.3 Å². The van der Waals surface area contributed by atoms with Crippen LogP contribution in [0.1, 0.15) is 17.5 Å². The van der Waals surface area contributed by atoms with Gasteiger partial charge < -0.3 is 15.1 Å². The molecule has 11 heteroatoms. The molecule has 1 aromatic heterocycles. The van der Waals surface area contributed by atoms with Crippen LogP contribution in [0.5, 0.6) is 0 Å². The Morgan fingerprint density at radius 2 is 1.63 bits per heavy atom. The Bertz CT molecular complexity index is 1770. The van der Waals surface area contributed by atoms with E-state index in [0.29, 0.717) is 61.8 Å². The molecule has 2 aliphatic heterocycles. The second-order valence-electron chi connectivity index (χ2n) is 11.6. The number of aromatic nitrogens is 2. The maximum absolute atomic E-state index is 13.4. The van der Waals surface area contributed by atoms with E-state index in [1.165, 1.54) is 24.3 Å². The van der Waals surface area contributed by atoms with Crippen LogP contribution < -0.4 is 10.2 Å². The molecule has 2 amide bonds. The summed E-state index contributed by atoms with van der Waals surface area (Å²) in [6.07, 6.45) is 3.75. The molecule has 2 N–H and O–H groups in total. The first-order valence-corrected chi connectivity index (χ1v) is 15.1. The van der Waals surface area contributed by atoms with Crippen LogP contribution in [-0.2, 0) is 9.59 Å². The molecular formula is C35H33FN8O2. The molecule has 0 spiro atoms. The highest BCUT2D eigenvalue weighted by Gasteiger charge is 2.46. The minimum Gasteiger partial charge on any atom is -0.368 e. The molecule has 0 bridgehead atoms. The number of piperazine rings is 1. The average molecular weight is 617 g/mol. The highest BCUT2D eigenvalue weighted by molar-refractivity contribution is 6.11. The Kier molecular flexibility index (Phi) is 8.81. The van der Waals surface area contributed by atoms with Gasteiger partial charge in [-0.2, -0.15) is 5.26 Å². The molecule has 2 aliphatic rings. The van der Waals surface area contributed by atoms with E-state index in [2.05, 4.69) is 26.3 Å². The van der Waals surface area contributed by atoms with Gasteiger partial charge in [0, 0.05) is 79.7 Å². The predicted molar refractivity (Wildman–Crippen MR) is 173 cm³/mol. The van der Waals surface area contributed by atoms with Gasteiger partial charge in [-0.05, 0) is 73.2 Å². The summed E-state index contributed by atoms with van der Waals surface area (Å²) in [6, 6.07) is 24.6. The second kappa shape index (κ2) is 13.3. The third kappa shape index (κ3) is 6.62. The van der Waals surface area contributed by atoms with Gasteiger partial charge in [0.2, 0.25) is 11.8 Å². The van der Waals surface area contributed by atoms with Crippen molar-refractivity contribution < 1.29 is 14.0 Å². The number of carbonyl (C=O) groups is 2. The molecule has 4 aromatic rings. The van der Waals surface area contributed by atoms with Crippen LogP contribution in [0.15, 0.2) is 91.3 Å². The van der Waals surface area contributed by atoms with Crippen molar-refractivity contribution in [3.8, 4) is 17.5 Å². The number of rotatable bonds is 8. The number of likely N-dealkylation sites (tertiary alicyclic amines) is 1. The molecule has 1 unspecified atom stereocenters. The third-order valence-corrected chi connectivity index (χ3v) is 8.59. The van der Waals surface area contributed by atoms with Crippen molar-refractivity contribution in [2.45, 2.75) is 6.42 Å². The van der Waals surface area contributed by atoms with Crippen LogP contribution in [0.3, 0.4) is 0 Å². The molecule has 6 rings (SSSR count). The van der Waals surface area contributed by atoms with Gasteiger partial charge in [-0.15, -0.1) is 0 Å². The number of halogens is 1. The molecule has 0 saturated carbocycles. The van der Waals surface area contributed by atoms with Crippen molar-refractivity contribution in [1.29, 1.82) is 10.7 Å². The molecule has 2 fully saturated rings. The second-order valence-corrected chi connectivity index (χ2v) is 11.6. The number of carbonyl (C=O) groups excluding carboxylic acids is 2. The lowest BCUT2D eigenvalue weighted by Gasteiger charge is -2.36. The molecule has 2 saturated heterocycles. The number of hydrogen-bond acceptors (Lipinski definition) is 8. The molecule has 1 atom stereocenters. The fraction of sp³-hybridized carbons (Fsp3) is 0.257. The zero-order valence-electron chi connectivity index (χ0n) is 25.2. The zero-order chi connectivity index (χ0) is 32.1. The lowest BCUT2D eigenvalue weighted by Crippen LogP contribution is -2.51. The van der Waals surface area contributed by atoms with Crippen LogP contribution in [-0.4, -0.2) is 83.1 Å². The van der Waals surface area contributed by atoms with Gasteiger partial charge in [-0.1, -0.05) is 12.1 Å². The summed E-state index contributed by atoms with van der Waals surface area (Å²) in [5.41, 5.74) is 2.47. The van der Waals surface area contributed by atoms with E-state index < -0.39 is 11.3 Å². The average Bonchev–Trinajstić information content (AvgIpc) is 3.53. The van der Waals surface area contributed by atoms with E-state index in [9.17, 15) is 19.2 Å². The summed E-state index contributed by atoms with van der Waals surface area (Å²) in [7, 11) is 0. The summed E-state index contributed by atoms with van der Waals surface area (Å²) in [6.45, 7) is 3.34. The maximum Gasteiger partial charge on any atom is 0.246 e. The van der Waals surface area contributed by atoms with Crippen LogP contribution >= 0.6 is 0 Å². The number of nitrogens with zero attached hydrogens (tertiary/aromatic N) is 6. The number of anilines is 2. The highest BCUT2D eigenvalue weighted by Crippen LogP contribution is 2.32. The van der Waals surface area contributed by atoms with Gasteiger partial charge in [-0.3, -0.25) is 19.9 Å². The lowest BCUT2D eigenvalue weighted by atomic mass is 9.87. The van der Waals surface area contributed by atoms with E-state index in [-0.39, 0.29) is 30.5 Å². The fourth-order valence-corrected chi connectivity index (χ4v) is 5.91. The van der Waals surface area contributed by atoms with Crippen LogP contribution in [0.25, 0.3) is 11.4 Å². The van der Waals surface area contributed by atoms with Gasteiger partial charge in [0.15, 0.2) is 5.82 Å². The van der Waals surface area contributed by atoms with Gasteiger partial charge in [-0.25, -0.2) is 14.4 Å². The molecule has 46 heavy (non-hydrogen) atoms. The van der Waals surface area contributed by atoms with Crippen molar-refractivity contribution in [1.82, 2.24) is 19.8 Å². The summed E-state index contributed by atoms with van der Waals surface area (Å²) in [5, 5.41) is 21.4. The minimum atomic E-state index is -1.30. The van der Waals surface area contributed by atoms with Crippen LogP contribution in [0, 0.1) is 28.0 Å². The van der Waals surface area contributed by atoms with Crippen LogP contribution in [0.2, 0.25) is 0 Å². The number of hydrogen-bond donors (Lipinski definition) is 2. The molecule has 3 heterocycles. The Labute approximate surface area is 266 Å². The normalized spacial score (nSPS) is 18.2. The van der Waals surface area contributed by atoms with Gasteiger partial charge in [0.05, 0.1) is 18.3 Å². The van der Waals surface area contributed by atoms with Crippen molar-refractivity contribution in [3.05, 3.63) is 108 Å². The lowest BCUT2D eigenvalue weighted by molar-refractivity contribution is -0.133. The van der Waals surface area contributed by atoms with Crippen LogP contribution in [0.4, 0.5) is 15.8 Å². The third-order valence-electron chi connectivity index (χ3n) is 8.59. The zero-order valence-corrected chi connectivity index (χ0v) is 25.2. The van der Waals surface area contributed by atoms with Crippen molar-refractivity contribution >= 4 is 28.9 Å². The van der Waals surface area contributed by atoms with E-state index in [4.69, 9.17) is 5.41 Å². The topological polar surface area (TPSA) is 129 Å². The first-order chi connectivity index (χ1) is 22.3. The monoisotopic (exact) mass is 616 g/mol. The summed E-state index contributed by atoms with van der Waals surface area (Å²) >= 11 is 0. The van der Waals surface area contributed by atoms with E-state index in [1.807, 2.05) is 34.1 Å². The van der Waals surface area contributed by atoms with E-state index in [1.54, 1.807) is 42.7 Å². The quantitative estimate of drug-likeness (QED) is 0.284. The number of amides is 2. The first kappa shape index (κ1) is 30.6. The van der Waals surface area contributed by atoms with Crippen molar-refractivity contribution in [2.75, 3.05) is 56.0 Å². The predicted octanol–water partition coefficient (Wildman–Crippen LogP) is 4.20. The van der Waals surface area contributed by atoms with E-state index >= 15 is 0 Å². The van der Waals surface area contributed by atoms with Crippen molar-refractivity contribution in [3.63, 3.8) is 0 Å².